The first-order valence-electron chi connectivity index (χ1n) is 5.10. The molecule has 1 aliphatic rings. The number of hydrogen-bond acceptors (Lipinski definition) is 3. The van der Waals surface area contributed by atoms with E-state index in [9.17, 15) is 4.39 Å². The zero-order valence-electron chi connectivity index (χ0n) is 9.29. The molecule has 0 saturated carbocycles. The van der Waals surface area contributed by atoms with Gasteiger partial charge in [-0.15, -0.1) is 11.8 Å². The summed E-state index contributed by atoms with van der Waals surface area (Å²) in [5.74, 6) is 0.444. The Kier molecular flexibility index (Phi) is 3.21. The van der Waals surface area contributed by atoms with Crippen molar-refractivity contribution in [2.75, 3.05) is 0 Å². The van der Waals surface area contributed by atoms with Crippen LogP contribution in [0.15, 0.2) is 35.4 Å². The zero-order valence-corrected chi connectivity index (χ0v) is 10.1. The van der Waals surface area contributed by atoms with Crippen molar-refractivity contribution < 1.29 is 9.23 Å². The number of thioether (sulfide) groups is 1. The van der Waals surface area contributed by atoms with E-state index in [1.165, 1.54) is 17.8 Å². The molecule has 0 aromatic heterocycles. The van der Waals surface area contributed by atoms with Crippen LogP contribution in [0.1, 0.15) is 19.4 Å². The highest BCUT2D eigenvalue weighted by Gasteiger charge is 2.24. The normalized spacial score (nSPS) is 18.1. The van der Waals surface area contributed by atoms with E-state index in [0.717, 1.165) is 5.03 Å². The molecule has 2 nitrogen and oxygen atoms in total. The fraction of sp³-hybridized carbons (Fsp3) is 0.333. The van der Waals surface area contributed by atoms with E-state index in [4.69, 9.17) is 4.84 Å². The second-order valence-electron chi connectivity index (χ2n) is 4.20. The van der Waals surface area contributed by atoms with Crippen molar-refractivity contribution in [1.82, 2.24) is 5.48 Å². The summed E-state index contributed by atoms with van der Waals surface area (Å²) in [7, 11) is 0. The smallest absolute Gasteiger partial charge is 0.127 e. The molecule has 1 N–H and O–H groups in total. The van der Waals surface area contributed by atoms with Gasteiger partial charge in [-0.2, -0.15) is 0 Å². The van der Waals surface area contributed by atoms with Crippen LogP contribution in [0.4, 0.5) is 4.39 Å². The molecule has 1 aromatic carbocycles. The van der Waals surface area contributed by atoms with Gasteiger partial charge < -0.3 is 0 Å². The summed E-state index contributed by atoms with van der Waals surface area (Å²) in [6, 6.07) is 6.81. The lowest BCUT2D eigenvalue weighted by atomic mass is 10.1. The van der Waals surface area contributed by atoms with E-state index in [1.54, 1.807) is 12.1 Å². The standard InChI is InChI=1S/C12H14FNOS/c1-12(2)7-11(14-15-12)16-8-9-5-3-4-6-10(9)13/h3-7,14H,8H2,1-2H3. The van der Waals surface area contributed by atoms with E-state index in [-0.39, 0.29) is 11.4 Å². The zero-order chi connectivity index (χ0) is 11.6. The van der Waals surface area contributed by atoms with Gasteiger partial charge in [0.05, 0.1) is 5.03 Å². The predicted octanol–water partition coefficient (Wildman–Crippen LogP) is 3.21. The number of benzene rings is 1. The van der Waals surface area contributed by atoms with Gasteiger partial charge in [-0.25, -0.2) is 4.39 Å². The predicted molar refractivity (Wildman–Crippen MR) is 64.1 cm³/mol. The molecule has 0 atom stereocenters. The molecule has 1 aromatic rings. The van der Waals surface area contributed by atoms with Crippen LogP contribution in [0.2, 0.25) is 0 Å². The molecule has 1 heterocycles. The molecule has 4 heteroatoms. The second-order valence-corrected chi connectivity index (χ2v) is 5.21. The molecule has 0 fully saturated rings. The Morgan fingerprint density at radius 3 is 2.75 bits per heavy atom. The van der Waals surface area contributed by atoms with Crippen LogP contribution in [0.5, 0.6) is 0 Å². The summed E-state index contributed by atoms with van der Waals surface area (Å²) in [6.07, 6.45) is 2.00. The average molecular weight is 239 g/mol. The van der Waals surface area contributed by atoms with Crippen LogP contribution in [0, 0.1) is 5.82 Å². The van der Waals surface area contributed by atoms with Crippen molar-refractivity contribution in [3.63, 3.8) is 0 Å². The largest absolute Gasteiger partial charge is 0.265 e. The highest BCUT2D eigenvalue weighted by atomic mass is 32.2. The molecular formula is C12H14FNOS. The van der Waals surface area contributed by atoms with E-state index in [0.29, 0.717) is 11.3 Å². The van der Waals surface area contributed by atoms with Gasteiger partial charge in [0.15, 0.2) is 0 Å². The fourth-order valence-electron chi connectivity index (χ4n) is 1.40. The van der Waals surface area contributed by atoms with E-state index >= 15 is 0 Å². The number of rotatable bonds is 3. The lowest BCUT2D eigenvalue weighted by Crippen LogP contribution is -2.20. The van der Waals surface area contributed by atoms with Gasteiger partial charge in [0, 0.05) is 5.75 Å². The summed E-state index contributed by atoms with van der Waals surface area (Å²) < 4.78 is 13.3. The van der Waals surface area contributed by atoms with Gasteiger partial charge in [-0.1, -0.05) is 18.2 Å². The van der Waals surface area contributed by atoms with Crippen molar-refractivity contribution in [2.24, 2.45) is 0 Å². The minimum atomic E-state index is -0.280. The summed E-state index contributed by atoms with van der Waals surface area (Å²) in [5, 5.41) is 0.938. The van der Waals surface area contributed by atoms with Gasteiger partial charge in [-0.05, 0) is 31.6 Å². The Balaban J connectivity index is 1.96. The molecule has 1 aliphatic heterocycles. The van der Waals surface area contributed by atoms with Crippen molar-refractivity contribution in [1.29, 1.82) is 0 Å². The molecule has 2 rings (SSSR count). The minimum Gasteiger partial charge on any atom is -0.265 e. The molecule has 0 bridgehead atoms. The molecule has 86 valence electrons. The maximum atomic E-state index is 13.3. The second kappa shape index (κ2) is 4.47. The van der Waals surface area contributed by atoms with Crippen LogP contribution >= 0.6 is 11.8 Å². The molecule has 0 unspecified atom stereocenters. The number of hydroxylamine groups is 1. The van der Waals surface area contributed by atoms with Gasteiger partial charge in [0.1, 0.15) is 11.4 Å². The highest BCUT2D eigenvalue weighted by Crippen LogP contribution is 2.28. The Morgan fingerprint density at radius 1 is 1.38 bits per heavy atom. The first-order valence-corrected chi connectivity index (χ1v) is 6.08. The monoisotopic (exact) mass is 239 g/mol. The first kappa shape index (κ1) is 11.5. The van der Waals surface area contributed by atoms with E-state index in [2.05, 4.69) is 5.48 Å². The average Bonchev–Trinajstić information content (AvgIpc) is 2.57. The van der Waals surface area contributed by atoms with Crippen molar-refractivity contribution in [3.05, 3.63) is 46.8 Å². The lowest BCUT2D eigenvalue weighted by Gasteiger charge is -2.11. The molecule has 0 radical (unpaired) electrons. The van der Waals surface area contributed by atoms with Crippen LogP contribution in [0.25, 0.3) is 0 Å². The van der Waals surface area contributed by atoms with E-state index in [1.807, 2.05) is 26.0 Å². The third-order valence-electron chi connectivity index (χ3n) is 2.23. The molecule has 0 amide bonds. The summed E-state index contributed by atoms with van der Waals surface area (Å²) >= 11 is 1.54. The van der Waals surface area contributed by atoms with Gasteiger partial charge >= 0.3 is 0 Å². The maximum Gasteiger partial charge on any atom is 0.127 e. The Morgan fingerprint density at radius 2 is 2.12 bits per heavy atom. The highest BCUT2D eigenvalue weighted by molar-refractivity contribution is 8.02. The van der Waals surface area contributed by atoms with Gasteiger partial charge in [0.2, 0.25) is 0 Å². The van der Waals surface area contributed by atoms with E-state index < -0.39 is 0 Å². The van der Waals surface area contributed by atoms with Crippen molar-refractivity contribution in [2.45, 2.75) is 25.2 Å². The number of nitrogens with one attached hydrogen (secondary N) is 1. The molecule has 16 heavy (non-hydrogen) atoms. The summed E-state index contributed by atoms with van der Waals surface area (Å²) in [6.45, 7) is 3.94. The quantitative estimate of drug-likeness (QED) is 0.875. The minimum absolute atomic E-state index is 0.159. The van der Waals surface area contributed by atoms with Crippen LogP contribution in [0.3, 0.4) is 0 Å². The third kappa shape index (κ3) is 2.77. The number of hydrogen-bond donors (Lipinski definition) is 1. The molecular weight excluding hydrogens is 225 g/mol. The molecule has 0 spiro atoms. The SMILES string of the molecule is CC1(C)C=C(SCc2ccccc2F)NO1. The first-order chi connectivity index (χ1) is 7.57. The van der Waals surface area contributed by atoms with Crippen molar-refractivity contribution in [3.8, 4) is 0 Å². The summed E-state index contributed by atoms with van der Waals surface area (Å²) in [5.41, 5.74) is 3.27. The Hall–Kier alpha value is -1.00. The number of halogens is 1. The lowest BCUT2D eigenvalue weighted by molar-refractivity contribution is -0.0126. The van der Waals surface area contributed by atoms with Crippen LogP contribution in [-0.4, -0.2) is 5.60 Å². The topological polar surface area (TPSA) is 21.3 Å². The van der Waals surface area contributed by atoms with Gasteiger partial charge in [0.25, 0.3) is 0 Å². The molecule has 0 saturated heterocycles. The Bertz CT molecular complexity index is 417. The summed E-state index contributed by atoms with van der Waals surface area (Å²) in [4.78, 5) is 5.31. The molecule has 0 aliphatic carbocycles. The van der Waals surface area contributed by atoms with Crippen LogP contribution < -0.4 is 5.48 Å². The Labute approximate surface area is 98.8 Å². The van der Waals surface area contributed by atoms with Crippen molar-refractivity contribution >= 4 is 11.8 Å². The van der Waals surface area contributed by atoms with Gasteiger partial charge in [-0.3, -0.25) is 10.3 Å². The third-order valence-corrected chi connectivity index (χ3v) is 3.20. The van der Waals surface area contributed by atoms with Crippen LogP contribution in [-0.2, 0) is 10.6 Å². The fourth-order valence-corrected chi connectivity index (χ4v) is 2.41. The maximum absolute atomic E-state index is 13.3.